The molecule has 6 nitrogen and oxygen atoms in total. The summed E-state index contributed by atoms with van der Waals surface area (Å²) in [6.07, 6.45) is 3.68. The van der Waals surface area contributed by atoms with Gasteiger partial charge >= 0.3 is 0 Å². The topological polar surface area (TPSA) is 78.5 Å². The average molecular weight is 345 g/mol. The lowest BCUT2D eigenvalue weighted by Crippen LogP contribution is -2.45. The zero-order valence-electron chi connectivity index (χ0n) is 15.0. The Balaban J connectivity index is 1.94. The number of nitrogens with zero attached hydrogens (tertiary/aromatic N) is 1. The number of hydrogen-bond acceptors (Lipinski definition) is 3. The maximum Gasteiger partial charge on any atom is 0.253 e. The Morgan fingerprint density at radius 1 is 1.20 bits per heavy atom. The van der Waals surface area contributed by atoms with Crippen LogP contribution in [0.3, 0.4) is 0 Å². The molecule has 1 atom stereocenters. The van der Waals surface area contributed by atoms with E-state index < -0.39 is 0 Å². The van der Waals surface area contributed by atoms with Crippen molar-refractivity contribution in [2.24, 2.45) is 5.92 Å². The molecule has 25 heavy (non-hydrogen) atoms. The lowest BCUT2D eigenvalue weighted by Gasteiger charge is -2.32. The van der Waals surface area contributed by atoms with Crippen molar-refractivity contribution in [2.75, 3.05) is 25.0 Å². The lowest BCUT2D eigenvalue weighted by molar-refractivity contribution is -0.126. The van der Waals surface area contributed by atoms with Crippen molar-refractivity contribution in [2.45, 2.75) is 39.5 Å². The van der Waals surface area contributed by atoms with Crippen molar-refractivity contribution in [3.05, 3.63) is 29.8 Å². The van der Waals surface area contributed by atoms with Gasteiger partial charge in [-0.15, -0.1) is 0 Å². The molecule has 1 aliphatic heterocycles. The van der Waals surface area contributed by atoms with Crippen molar-refractivity contribution in [1.29, 1.82) is 0 Å². The Bertz CT molecular complexity index is 613. The Hall–Kier alpha value is -2.37. The molecule has 1 aliphatic rings. The maximum atomic E-state index is 12.7. The Morgan fingerprint density at radius 2 is 1.92 bits per heavy atom. The minimum Gasteiger partial charge on any atom is -0.356 e. The van der Waals surface area contributed by atoms with Gasteiger partial charge in [0.25, 0.3) is 5.91 Å². The number of amides is 3. The highest BCUT2D eigenvalue weighted by molar-refractivity contribution is 5.96. The van der Waals surface area contributed by atoms with Gasteiger partial charge in [0.1, 0.15) is 0 Å². The predicted molar refractivity (Wildman–Crippen MR) is 97.3 cm³/mol. The summed E-state index contributed by atoms with van der Waals surface area (Å²) in [6, 6.07) is 6.85. The van der Waals surface area contributed by atoms with Gasteiger partial charge in [0.2, 0.25) is 11.8 Å². The number of hydrogen-bond donors (Lipinski definition) is 2. The molecule has 0 radical (unpaired) electrons. The molecule has 2 N–H and O–H groups in total. The van der Waals surface area contributed by atoms with E-state index in [1.807, 2.05) is 0 Å². The predicted octanol–water partition coefficient (Wildman–Crippen LogP) is 2.41. The van der Waals surface area contributed by atoms with Crippen molar-refractivity contribution in [3.8, 4) is 0 Å². The van der Waals surface area contributed by atoms with E-state index in [2.05, 4.69) is 17.6 Å². The molecule has 1 saturated heterocycles. The summed E-state index contributed by atoms with van der Waals surface area (Å²) in [5.41, 5.74) is 1.23. The van der Waals surface area contributed by atoms with Gasteiger partial charge in [-0.05, 0) is 43.5 Å². The monoisotopic (exact) mass is 345 g/mol. The zero-order valence-corrected chi connectivity index (χ0v) is 15.0. The number of carbonyl (C=O) groups is 3. The van der Waals surface area contributed by atoms with Crippen molar-refractivity contribution < 1.29 is 14.4 Å². The number of benzene rings is 1. The molecule has 0 spiro atoms. The quantitative estimate of drug-likeness (QED) is 0.777. The van der Waals surface area contributed by atoms with E-state index >= 15 is 0 Å². The normalized spacial score (nSPS) is 17.0. The van der Waals surface area contributed by atoms with Gasteiger partial charge in [0.15, 0.2) is 0 Å². The van der Waals surface area contributed by atoms with E-state index in [0.29, 0.717) is 30.9 Å². The van der Waals surface area contributed by atoms with E-state index in [9.17, 15) is 14.4 Å². The third-order valence-corrected chi connectivity index (χ3v) is 4.36. The second-order valence-corrected chi connectivity index (χ2v) is 6.49. The molecular weight excluding hydrogens is 318 g/mol. The first kappa shape index (κ1) is 19.0. The van der Waals surface area contributed by atoms with Crippen LogP contribution in [0, 0.1) is 5.92 Å². The summed E-state index contributed by atoms with van der Waals surface area (Å²) in [5, 5.41) is 5.64. The molecule has 2 rings (SSSR count). The van der Waals surface area contributed by atoms with Crippen LogP contribution >= 0.6 is 0 Å². The largest absolute Gasteiger partial charge is 0.356 e. The number of anilines is 1. The van der Waals surface area contributed by atoms with Crippen molar-refractivity contribution >= 4 is 23.4 Å². The molecule has 6 heteroatoms. The fourth-order valence-corrected chi connectivity index (χ4v) is 2.99. The van der Waals surface area contributed by atoms with Crippen molar-refractivity contribution in [1.82, 2.24) is 10.2 Å². The van der Waals surface area contributed by atoms with Crippen LogP contribution in [0.4, 0.5) is 5.69 Å². The number of unbranched alkanes of at least 4 members (excludes halogenated alkanes) is 1. The van der Waals surface area contributed by atoms with Crippen molar-refractivity contribution in [3.63, 3.8) is 0 Å². The van der Waals surface area contributed by atoms with Crippen LogP contribution in [0.25, 0.3) is 0 Å². The van der Waals surface area contributed by atoms with Gasteiger partial charge in [-0.2, -0.15) is 0 Å². The van der Waals surface area contributed by atoms with Crippen LogP contribution in [0.5, 0.6) is 0 Å². The number of nitrogens with one attached hydrogen (secondary N) is 2. The Labute approximate surface area is 149 Å². The number of rotatable bonds is 6. The van der Waals surface area contributed by atoms with Gasteiger partial charge in [-0.25, -0.2) is 0 Å². The molecule has 1 heterocycles. The Kier molecular flexibility index (Phi) is 6.98. The SMILES string of the molecule is CCCCNC(=O)[C@H]1CCCN(C(=O)c2ccc(NC(C)=O)cc2)C1. The van der Waals surface area contributed by atoms with Crippen LogP contribution in [0.1, 0.15) is 49.9 Å². The summed E-state index contributed by atoms with van der Waals surface area (Å²) < 4.78 is 0. The first-order chi connectivity index (χ1) is 12.0. The Morgan fingerprint density at radius 3 is 2.56 bits per heavy atom. The smallest absolute Gasteiger partial charge is 0.253 e. The second kappa shape index (κ2) is 9.20. The molecule has 0 aliphatic carbocycles. The number of carbonyl (C=O) groups excluding carboxylic acids is 3. The van der Waals surface area contributed by atoms with Gasteiger partial charge in [-0.1, -0.05) is 13.3 Å². The molecule has 1 aromatic carbocycles. The standard InChI is InChI=1S/C19H27N3O3/c1-3-4-11-20-18(24)16-6-5-12-22(13-16)19(25)15-7-9-17(10-8-15)21-14(2)23/h7-10,16H,3-6,11-13H2,1-2H3,(H,20,24)(H,21,23)/t16-/m0/s1. The molecule has 1 fully saturated rings. The van der Waals surface area contributed by atoms with E-state index in [-0.39, 0.29) is 23.6 Å². The van der Waals surface area contributed by atoms with Crippen LogP contribution in [0.2, 0.25) is 0 Å². The molecule has 1 aromatic rings. The third kappa shape index (κ3) is 5.59. The fourth-order valence-electron chi connectivity index (χ4n) is 2.99. The van der Waals surface area contributed by atoms with E-state index in [1.54, 1.807) is 29.2 Å². The van der Waals surface area contributed by atoms with Crippen LogP contribution in [-0.2, 0) is 9.59 Å². The third-order valence-electron chi connectivity index (χ3n) is 4.36. The van der Waals surface area contributed by atoms with Gasteiger partial charge in [0, 0.05) is 37.8 Å². The van der Waals surface area contributed by atoms with E-state index in [1.165, 1.54) is 6.92 Å². The van der Waals surface area contributed by atoms with E-state index in [4.69, 9.17) is 0 Å². The summed E-state index contributed by atoms with van der Waals surface area (Å²) in [5.74, 6) is -0.298. The van der Waals surface area contributed by atoms with Crippen LogP contribution in [0.15, 0.2) is 24.3 Å². The molecule has 0 saturated carbocycles. The molecule has 0 bridgehead atoms. The second-order valence-electron chi connectivity index (χ2n) is 6.49. The first-order valence-electron chi connectivity index (χ1n) is 8.96. The van der Waals surface area contributed by atoms with Crippen LogP contribution in [-0.4, -0.2) is 42.3 Å². The first-order valence-corrected chi connectivity index (χ1v) is 8.96. The maximum absolute atomic E-state index is 12.7. The highest BCUT2D eigenvalue weighted by Gasteiger charge is 2.28. The average Bonchev–Trinajstić information content (AvgIpc) is 2.61. The summed E-state index contributed by atoms with van der Waals surface area (Å²) in [4.78, 5) is 37.7. The fraction of sp³-hybridized carbons (Fsp3) is 0.526. The number of likely N-dealkylation sites (tertiary alicyclic amines) is 1. The highest BCUT2D eigenvalue weighted by atomic mass is 16.2. The molecular formula is C19H27N3O3. The zero-order chi connectivity index (χ0) is 18.2. The summed E-state index contributed by atoms with van der Waals surface area (Å²) in [7, 11) is 0. The molecule has 136 valence electrons. The summed E-state index contributed by atoms with van der Waals surface area (Å²) >= 11 is 0. The van der Waals surface area contributed by atoms with Crippen LogP contribution < -0.4 is 10.6 Å². The number of piperidine rings is 1. The summed E-state index contributed by atoms with van der Waals surface area (Å²) in [6.45, 7) is 5.36. The van der Waals surface area contributed by atoms with E-state index in [0.717, 1.165) is 25.7 Å². The molecule has 0 aromatic heterocycles. The minimum atomic E-state index is -0.146. The van der Waals surface area contributed by atoms with Gasteiger partial charge in [0.05, 0.1) is 5.92 Å². The van der Waals surface area contributed by atoms with Gasteiger partial charge in [-0.3, -0.25) is 14.4 Å². The molecule has 0 unspecified atom stereocenters. The highest BCUT2D eigenvalue weighted by Crippen LogP contribution is 2.20. The van der Waals surface area contributed by atoms with Gasteiger partial charge < -0.3 is 15.5 Å². The lowest BCUT2D eigenvalue weighted by atomic mass is 9.96. The molecule has 3 amide bonds. The minimum absolute atomic E-state index is 0.0481.